The van der Waals surface area contributed by atoms with Crippen molar-refractivity contribution in [1.82, 2.24) is 20.4 Å². The van der Waals surface area contributed by atoms with Gasteiger partial charge in [-0.15, -0.1) is 0 Å². The van der Waals surface area contributed by atoms with Gasteiger partial charge < -0.3 is 16.4 Å². The number of nitrogens with two attached hydrogens (primary N) is 1. The van der Waals surface area contributed by atoms with Crippen LogP contribution in [0.1, 0.15) is 50.2 Å². The van der Waals surface area contributed by atoms with Gasteiger partial charge in [-0.1, -0.05) is 29.3 Å². The van der Waals surface area contributed by atoms with Gasteiger partial charge in [0.15, 0.2) is 0 Å². The van der Waals surface area contributed by atoms with Gasteiger partial charge >= 0.3 is 0 Å². The molecule has 212 valence electrons. The van der Waals surface area contributed by atoms with E-state index < -0.39 is 0 Å². The highest BCUT2D eigenvalue weighted by atomic mass is 35.5. The van der Waals surface area contributed by atoms with Gasteiger partial charge in [0.05, 0.1) is 0 Å². The maximum atomic E-state index is 11.9. The summed E-state index contributed by atoms with van der Waals surface area (Å²) in [6.07, 6.45) is 4.46. The number of carbonyl (C=O) groups is 2. The molecule has 0 spiro atoms. The minimum absolute atomic E-state index is 0.0449. The number of benzene rings is 2. The minimum Gasteiger partial charge on any atom is -0.356 e. The number of nitrogens with zero attached hydrogens (tertiary/aromatic N) is 2. The predicted molar refractivity (Wildman–Crippen MR) is 159 cm³/mol. The fraction of sp³-hybridized carbons (Fsp3) is 0.533. The van der Waals surface area contributed by atoms with Crippen molar-refractivity contribution in [3.8, 4) is 11.1 Å². The van der Waals surface area contributed by atoms with Crippen LogP contribution in [0.25, 0.3) is 11.1 Å². The van der Waals surface area contributed by atoms with Crippen molar-refractivity contribution in [2.75, 3.05) is 39.3 Å². The van der Waals surface area contributed by atoms with Gasteiger partial charge in [0.25, 0.3) is 0 Å². The van der Waals surface area contributed by atoms with Crippen molar-refractivity contribution in [2.24, 2.45) is 11.7 Å². The number of piperidine rings is 2. The molecule has 9 heteroatoms. The first-order chi connectivity index (χ1) is 18.8. The Balaban J connectivity index is 1.44. The molecule has 4 rings (SSSR count). The lowest BCUT2D eigenvalue weighted by molar-refractivity contribution is -0.122. The summed E-state index contributed by atoms with van der Waals surface area (Å²) in [5.74, 6) is 0.639. The molecule has 2 amide bonds. The second-order valence-corrected chi connectivity index (χ2v) is 11.9. The third kappa shape index (κ3) is 9.47. The van der Waals surface area contributed by atoms with Crippen LogP contribution in [-0.4, -0.2) is 66.9 Å². The molecule has 0 aromatic heterocycles. The van der Waals surface area contributed by atoms with Crippen LogP contribution in [0, 0.1) is 5.92 Å². The van der Waals surface area contributed by atoms with Gasteiger partial charge in [0.1, 0.15) is 0 Å². The Labute approximate surface area is 242 Å². The van der Waals surface area contributed by atoms with Crippen molar-refractivity contribution in [2.45, 2.75) is 58.2 Å². The van der Waals surface area contributed by atoms with E-state index in [0.29, 0.717) is 28.9 Å². The van der Waals surface area contributed by atoms with Crippen LogP contribution in [0.5, 0.6) is 0 Å². The quantitative estimate of drug-likeness (QED) is 0.391. The first-order valence-corrected chi connectivity index (χ1v) is 14.8. The number of hydrogen-bond donors (Lipinski definition) is 3. The van der Waals surface area contributed by atoms with Gasteiger partial charge in [0, 0.05) is 68.7 Å². The van der Waals surface area contributed by atoms with Gasteiger partial charge in [0.2, 0.25) is 11.8 Å². The highest BCUT2D eigenvalue weighted by Gasteiger charge is 2.22. The van der Waals surface area contributed by atoms with Crippen LogP contribution in [-0.2, 0) is 22.7 Å². The number of nitrogens with one attached hydrogen (secondary N) is 2. The summed E-state index contributed by atoms with van der Waals surface area (Å²) in [6, 6.07) is 12.8. The lowest BCUT2D eigenvalue weighted by atomic mass is 9.95. The minimum atomic E-state index is 0.0449. The summed E-state index contributed by atoms with van der Waals surface area (Å²) in [7, 11) is 0. The predicted octanol–water partition coefficient (Wildman–Crippen LogP) is 4.44. The number of carbonyl (C=O) groups excluding carboxylic acids is 2. The van der Waals surface area contributed by atoms with E-state index >= 15 is 0 Å². The molecule has 0 radical (unpaired) electrons. The van der Waals surface area contributed by atoms with E-state index in [9.17, 15) is 9.59 Å². The van der Waals surface area contributed by atoms with E-state index in [2.05, 4.69) is 38.6 Å². The lowest BCUT2D eigenvalue weighted by Crippen LogP contribution is -2.44. The van der Waals surface area contributed by atoms with E-state index in [-0.39, 0.29) is 17.9 Å². The van der Waals surface area contributed by atoms with Crippen LogP contribution in [0.15, 0.2) is 36.4 Å². The largest absolute Gasteiger partial charge is 0.356 e. The second-order valence-electron chi connectivity index (χ2n) is 11.0. The Hall–Kier alpha value is -2.16. The molecule has 2 aliphatic heterocycles. The molecule has 2 aromatic carbocycles. The normalized spacial score (nSPS) is 17.7. The van der Waals surface area contributed by atoms with E-state index in [0.717, 1.165) is 82.6 Å². The topological polar surface area (TPSA) is 90.7 Å². The zero-order valence-corrected chi connectivity index (χ0v) is 24.4. The molecule has 2 heterocycles. The third-order valence-electron chi connectivity index (χ3n) is 7.73. The maximum absolute atomic E-state index is 11.9. The van der Waals surface area contributed by atoms with Crippen LogP contribution < -0.4 is 16.4 Å². The van der Waals surface area contributed by atoms with E-state index in [1.165, 1.54) is 11.1 Å². The summed E-state index contributed by atoms with van der Waals surface area (Å²) in [6.45, 7) is 8.41. The average molecular weight is 575 g/mol. The number of amides is 2. The zero-order valence-electron chi connectivity index (χ0n) is 22.9. The van der Waals surface area contributed by atoms with Gasteiger partial charge in [-0.05, 0) is 97.3 Å². The fourth-order valence-corrected chi connectivity index (χ4v) is 6.18. The smallest absolute Gasteiger partial charge is 0.221 e. The van der Waals surface area contributed by atoms with Crippen molar-refractivity contribution in [3.05, 3.63) is 57.6 Å². The Morgan fingerprint density at radius 1 is 0.846 bits per heavy atom. The second kappa shape index (κ2) is 14.5. The molecule has 39 heavy (non-hydrogen) atoms. The molecule has 4 N–H and O–H groups in total. The van der Waals surface area contributed by atoms with E-state index in [4.69, 9.17) is 28.9 Å². The van der Waals surface area contributed by atoms with Gasteiger partial charge in [-0.25, -0.2) is 0 Å². The first-order valence-electron chi connectivity index (χ1n) is 14.1. The van der Waals surface area contributed by atoms with Crippen molar-refractivity contribution >= 4 is 35.0 Å². The zero-order chi connectivity index (χ0) is 27.8. The summed E-state index contributed by atoms with van der Waals surface area (Å²) in [5, 5.41) is 7.35. The highest BCUT2D eigenvalue weighted by molar-refractivity contribution is 6.35. The number of rotatable bonds is 10. The third-order valence-corrected chi connectivity index (χ3v) is 8.17. The summed E-state index contributed by atoms with van der Waals surface area (Å²) in [4.78, 5) is 28.2. The molecule has 0 atom stereocenters. The Bertz CT molecular complexity index is 1110. The SMILES string of the molecule is CC(=O)NCC1CCN(Cc2cc(CN3CCC(NC(=O)CCN)CC3)cc(-c3cc(Cl)cc(Cl)c3)c2)CC1. The molecule has 2 aromatic rings. The Morgan fingerprint density at radius 2 is 1.38 bits per heavy atom. The summed E-state index contributed by atoms with van der Waals surface area (Å²) < 4.78 is 0. The van der Waals surface area contributed by atoms with E-state index in [1.54, 1.807) is 13.0 Å². The molecular weight excluding hydrogens is 533 g/mol. The van der Waals surface area contributed by atoms with Crippen LogP contribution in [0.3, 0.4) is 0 Å². The molecule has 2 fully saturated rings. The molecule has 2 saturated heterocycles. The highest BCUT2D eigenvalue weighted by Crippen LogP contribution is 2.30. The van der Waals surface area contributed by atoms with Crippen LogP contribution in [0.4, 0.5) is 0 Å². The molecule has 7 nitrogen and oxygen atoms in total. The molecule has 2 aliphatic rings. The summed E-state index contributed by atoms with van der Waals surface area (Å²) in [5.41, 5.74) is 10.2. The summed E-state index contributed by atoms with van der Waals surface area (Å²) >= 11 is 12.7. The van der Waals surface area contributed by atoms with E-state index in [1.807, 2.05) is 12.1 Å². The monoisotopic (exact) mass is 573 g/mol. The number of halogens is 2. The van der Waals surface area contributed by atoms with Crippen molar-refractivity contribution < 1.29 is 9.59 Å². The van der Waals surface area contributed by atoms with Gasteiger partial charge in [-0.3, -0.25) is 19.4 Å². The number of hydrogen-bond acceptors (Lipinski definition) is 5. The van der Waals surface area contributed by atoms with Crippen LogP contribution >= 0.6 is 23.2 Å². The van der Waals surface area contributed by atoms with Gasteiger partial charge in [-0.2, -0.15) is 0 Å². The average Bonchev–Trinajstić information content (AvgIpc) is 2.89. The molecular formula is C30H41Cl2N5O2. The Kier molecular flexibility index (Phi) is 11.1. The molecule has 0 aliphatic carbocycles. The van der Waals surface area contributed by atoms with Crippen LogP contribution in [0.2, 0.25) is 10.0 Å². The number of likely N-dealkylation sites (tertiary alicyclic amines) is 2. The molecule has 0 bridgehead atoms. The standard InChI is InChI=1S/C30H41Cl2N5O2/c1-21(38)34-18-22-3-8-36(9-4-22)19-23-12-24(14-25(13-23)26-15-27(31)17-28(32)16-26)20-37-10-5-29(6-11-37)35-30(39)2-7-33/h12-17,22,29H,2-11,18-20,33H2,1H3,(H,34,38)(H,35,39). The molecule has 0 unspecified atom stereocenters. The van der Waals surface area contributed by atoms with Crippen molar-refractivity contribution in [3.63, 3.8) is 0 Å². The first kappa shape index (κ1) is 29.8. The Morgan fingerprint density at radius 3 is 1.92 bits per heavy atom. The lowest BCUT2D eigenvalue weighted by Gasteiger charge is -2.33. The fourth-order valence-electron chi connectivity index (χ4n) is 5.65. The van der Waals surface area contributed by atoms with Crippen molar-refractivity contribution in [1.29, 1.82) is 0 Å². The maximum Gasteiger partial charge on any atom is 0.221 e. The molecule has 0 saturated carbocycles.